The Labute approximate surface area is 176 Å². The number of thiophene rings is 1. The van der Waals surface area contributed by atoms with Crippen LogP contribution in [0.15, 0.2) is 36.5 Å². The maximum atomic E-state index is 5.00. The summed E-state index contributed by atoms with van der Waals surface area (Å²) < 4.78 is 3.34. The van der Waals surface area contributed by atoms with Crippen molar-refractivity contribution in [3.63, 3.8) is 0 Å². The Morgan fingerprint density at radius 1 is 1.03 bits per heavy atom. The standard InChI is InChI=1S/C24H28N4S/c1-15-5-7-19(8-6-15)27(4)24-10-9-23-25-14-20(28(23)26-24)22-13-18-11-16(2)17(3)12-21(18)29-22/h9-15,19H,5-8H2,1-4H3/t15-,19-. The van der Waals surface area contributed by atoms with Crippen molar-refractivity contribution in [2.24, 2.45) is 5.92 Å². The van der Waals surface area contributed by atoms with Gasteiger partial charge in [0, 0.05) is 17.8 Å². The molecule has 0 N–H and O–H groups in total. The first-order chi connectivity index (χ1) is 14.0. The molecule has 0 spiro atoms. The van der Waals surface area contributed by atoms with E-state index in [1.54, 1.807) is 0 Å². The van der Waals surface area contributed by atoms with Gasteiger partial charge in [0.25, 0.3) is 0 Å². The van der Waals surface area contributed by atoms with Gasteiger partial charge in [0.2, 0.25) is 0 Å². The van der Waals surface area contributed by atoms with Crippen LogP contribution in [0, 0.1) is 19.8 Å². The molecule has 1 aromatic carbocycles. The van der Waals surface area contributed by atoms with Gasteiger partial charge in [-0.3, -0.25) is 0 Å². The van der Waals surface area contributed by atoms with Gasteiger partial charge in [-0.1, -0.05) is 13.0 Å². The van der Waals surface area contributed by atoms with Crippen LogP contribution in [0.25, 0.3) is 26.3 Å². The second kappa shape index (κ2) is 7.13. The van der Waals surface area contributed by atoms with E-state index in [-0.39, 0.29) is 0 Å². The van der Waals surface area contributed by atoms with Gasteiger partial charge >= 0.3 is 0 Å². The summed E-state index contributed by atoms with van der Waals surface area (Å²) in [5.41, 5.74) is 4.65. The molecule has 4 nitrogen and oxygen atoms in total. The molecule has 1 aliphatic carbocycles. The Morgan fingerprint density at radius 3 is 2.59 bits per heavy atom. The number of imidazole rings is 1. The Hall–Kier alpha value is -2.40. The summed E-state index contributed by atoms with van der Waals surface area (Å²) in [4.78, 5) is 8.20. The molecule has 0 atom stereocenters. The van der Waals surface area contributed by atoms with Crippen LogP contribution in [0.1, 0.15) is 43.7 Å². The molecule has 5 rings (SSSR count). The van der Waals surface area contributed by atoms with E-state index in [4.69, 9.17) is 5.10 Å². The van der Waals surface area contributed by atoms with E-state index in [2.05, 4.69) is 68.0 Å². The molecule has 3 heterocycles. The number of anilines is 1. The van der Waals surface area contributed by atoms with E-state index >= 15 is 0 Å². The van der Waals surface area contributed by atoms with Crippen LogP contribution in [0.4, 0.5) is 5.82 Å². The van der Waals surface area contributed by atoms with Crippen molar-refractivity contribution in [1.82, 2.24) is 14.6 Å². The summed E-state index contributed by atoms with van der Waals surface area (Å²) in [6, 6.07) is 11.6. The van der Waals surface area contributed by atoms with Crippen molar-refractivity contribution in [3.8, 4) is 10.6 Å². The van der Waals surface area contributed by atoms with Crippen LogP contribution < -0.4 is 4.90 Å². The number of hydrogen-bond acceptors (Lipinski definition) is 4. The highest BCUT2D eigenvalue weighted by atomic mass is 32.1. The smallest absolute Gasteiger partial charge is 0.154 e. The van der Waals surface area contributed by atoms with Crippen molar-refractivity contribution in [2.75, 3.05) is 11.9 Å². The molecule has 0 amide bonds. The first kappa shape index (κ1) is 18.6. The molecular weight excluding hydrogens is 376 g/mol. The second-order valence-corrected chi connectivity index (χ2v) is 9.80. The lowest BCUT2D eigenvalue weighted by Crippen LogP contribution is -2.35. The monoisotopic (exact) mass is 404 g/mol. The number of benzene rings is 1. The van der Waals surface area contributed by atoms with Crippen molar-refractivity contribution in [2.45, 2.75) is 52.5 Å². The summed E-state index contributed by atoms with van der Waals surface area (Å²) in [7, 11) is 2.19. The van der Waals surface area contributed by atoms with E-state index in [0.29, 0.717) is 6.04 Å². The van der Waals surface area contributed by atoms with Gasteiger partial charge in [-0.25, -0.2) is 9.50 Å². The minimum Gasteiger partial charge on any atom is -0.355 e. The zero-order chi connectivity index (χ0) is 20.1. The highest BCUT2D eigenvalue weighted by Gasteiger charge is 2.23. The largest absolute Gasteiger partial charge is 0.355 e. The van der Waals surface area contributed by atoms with Gasteiger partial charge in [0.1, 0.15) is 11.5 Å². The fraction of sp³-hybridized carbons (Fsp3) is 0.417. The number of hydrogen-bond donors (Lipinski definition) is 0. The van der Waals surface area contributed by atoms with Gasteiger partial charge < -0.3 is 4.90 Å². The minimum absolute atomic E-state index is 0.582. The van der Waals surface area contributed by atoms with Crippen molar-refractivity contribution >= 4 is 32.9 Å². The van der Waals surface area contributed by atoms with E-state index in [0.717, 1.165) is 23.1 Å². The lowest BCUT2D eigenvalue weighted by atomic mass is 9.87. The predicted molar refractivity (Wildman–Crippen MR) is 123 cm³/mol. The topological polar surface area (TPSA) is 33.4 Å². The van der Waals surface area contributed by atoms with Crippen LogP contribution in [0.2, 0.25) is 0 Å². The predicted octanol–water partition coefficient (Wildman–Crippen LogP) is 6.24. The van der Waals surface area contributed by atoms with E-state index < -0.39 is 0 Å². The number of aryl methyl sites for hydroxylation is 2. The normalized spacial score (nSPS) is 19.9. The van der Waals surface area contributed by atoms with Gasteiger partial charge in [-0.2, -0.15) is 0 Å². The molecular formula is C24H28N4S. The lowest BCUT2D eigenvalue weighted by molar-refractivity contribution is 0.339. The average molecular weight is 405 g/mol. The zero-order valence-electron chi connectivity index (χ0n) is 17.6. The fourth-order valence-corrected chi connectivity index (χ4v) is 5.60. The Balaban J connectivity index is 1.53. The Bertz CT molecular complexity index is 1140. The maximum absolute atomic E-state index is 5.00. The van der Waals surface area contributed by atoms with Gasteiger partial charge in [-0.15, -0.1) is 16.4 Å². The molecule has 0 aliphatic heterocycles. The van der Waals surface area contributed by atoms with Crippen LogP contribution in [0.3, 0.4) is 0 Å². The number of rotatable bonds is 3. The van der Waals surface area contributed by atoms with Crippen molar-refractivity contribution in [1.29, 1.82) is 0 Å². The molecule has 1 saturated carbocycles. The summed E-state index contributed by atoms with van der Waals surface area (Å²) in [5, 5.41) is 6.30. The van der Waals surface area contributed by atoms with Crippen LogP contribution in [-0.2, 0) is 0 Å². The Morgan fingerprint density at radius 2 is 1.79 bits per heavy atom. The van der Waals surface area contributed by atoms with Crippen molar-refractivity contribution < 1.29 is 0 Å². The molecule has 5 heteroatoms. The van der Waals surface area contributed by atoms with Gasteiger partial charge in [0.15, 0.2) is 5.65 Å². The summed E-state index contributed by atoms with van der Waals surface area (Å²) in [5.74, 6) is 1.89. The molecule has 29 heavy (non-hydrogen) atoms. The summed E-state index contributed by atoms with van der Waals surface area (Å²) in [6.45, 7) is 6.72. The van der Waals surface area contributed by atoms with Crippen LogP contribution >= 0.6 is 11.3 Å². The lowest BCUT2D eigenvalue weighted by Gasteiger charge is -2.34. The zero-order valence-corrected chi connectivity index (χ0v) is 18.5. The summed E-state index contributed by atoms with van der Waals surface area (Å²) in [6.07, 6.45) is 7.09. The fourth-order valence-electron chi connectivity index (χ4n) is 4.47. The van der Waals surface area contributed by atoms with Crippen LogP contribution in [0.5, 0.6) is 0 Å². The first-order valence-electron chi connectivity index (χ1n) is 10.6. The minimum atomic E-state index is 0.582. The highest BCUT2D eigenvalue weighted by molar-refractivity contribution is 7.22. The molecule has 0 bridgehead atoms. The highest BCUT2D eigenvalue weighted by Crippen LogP contribution is 2.35. The molecule has 3 aromatic heterocycles. The summed E-state index contributed by atoms with van der Waals surface area (Å²) >= 11 is 1.82. The van der Waals surface area contributed by atoms with Gasteiger partial charge in [-0.05, 0) is 86.2 Å². The van der Waals surface area contributed by atoms with Crippen molar-refractivity contribution in [3.05, 3.63) is 47.7 Å². The second-order valence-electron chi connectivity index (χ2n) is 8.71. The molecule has 150 valence electrons. The number of fused-ring (bicyclic) bond motifs is 2. The third-order valence-corrected chi connectivity index (χ3v) is 7.75. The molecule has 0 radical (unpaired) electrons. The van der Waals surface area contributed by atoms with Gasteiger partial charge in [0.05, 0.1) is 11.1 Å². The molecule has 4 aromatic rings. The molecule has 1 aliphatic rings. The maximum Gasteiger partial charge on any atom is 0.154 e. The quantitative estimate of drug-likeness (QED) is 0.405. The van der Waals surface area contributed by atoms with E-state index in [9.17, 15) is 0 Å². The molecule has 1 fully saturated rings. The Kier molecular flexibility index (Phi) is 4.58. The van der Waals surface area contributed by atoms with Crippen LogP contribution in [-0.4, -0.2) is 27.7 Å². The average Bonchev–Trinajstić information content (AvgIpc) is 3.31. The molecule has 0 saturated heterocycles. The van der Waals surface area contributed by atoms with E-state index in [1.165, 1.54) is 51.8 Å². The third-order valence-electron chi connectivity index (χ3n) is 6.63. The number of nitrogens with zero attached hydrogens (tertiary/aromatic N) is 4. The number of aromatic nitrogens is 3. The first-order valence-corrected chi connectivity index (χ1v) is 11.4. The molecule has 0 unspecified atom stereocenters. The SMILES string of the molecule is Cc1cc2cc(-c3cnc4ccc(N(C)[C@H]5CC[C@H](C)CC5)nn34)sc2cc1C. The third kappa shape index (κ3) is 3.31. The van der Waals surface area contributed by atoms with E-state index in [1.807, 2.05) is 22.0 Å².